The maximum Gasteiger partial charge on any atom is 0.139 e. The molecule has 0 amide bonds. The van der Waals surface area contributed by atoms with Crippen molar-refractivity contribution in [2.45, 2.75) is 38.3 Å². The molecule has 0 bridgehead atoms. The van der Waals surface area contributed by atoms with Crippen LogP contribution >= 0.6 is 23.2 Å². The van der Waals surface area contributed by atoms with E-state index in [-0.39, 0.29) is 12.6 Å². The Morgan fingerprint density at radius 2 is 2.11 bits per heavy atom. The van der Waals surface area contributed by atoms with Crippen molar-refractivity contribution < 1.29 is 9.84 Å². The standard InChI is InChI=1S/C13H19Cl2NO2/c1-2-3-4-11(16)12(17)8-18-13-7-9(14)5-6-10(13)15/h5-7,11-12,17H,2-4,8,16H2,1H3. The summed E-state index contributed by atoms with van der Waals surface area (Å²) in [4.78, 5) is 0. The van der Waals surface area contributed by atoms with Gasteiger partial charge in [0.15, 0.2) is 0 Å². The predicted molar refractivity (Wildman–Crippen MR) is 75.5 cm³/mol. The summed E-state index contributed by atoms with van der Waals surface area (Å²) in [5.74, 6) is 0.464. The summed E-state index contributed by atoms with van der Waals surface area (Å²) >= 11 is 11.8. The third kappa shape index (κ3) is 5.02. The van der Waals surface area contributed by atoms with Crippen LogP contribution in [0.5, 0.6) is 5.75 Å². The topological polar surface area (TPSA) is 55.5 Å². The number of halogens is 2. The zero-order chi connectivity index (χ0) is 13.5. The predicted octanol–water partition coefficient (Wildman–Crippen LogP) is 3.25. The summed E-state index contributed by atoms with van der Waals surface area (Å²) in [6, 6.07) is 4.68. The van der Waals surface area contributed by atoms with Crippen molar-refractivity contribution in [1.82, 2.24) is 0 Å². The number of hydrogen-bond acceptors (Lipinski definition) is 3. The molecule has 0 saturated heterocycles. The fraction of sp³-hybridized carbons (Fsp3) is 0.538. The molecule has 0 aliphatic carbocycles. The van der Waals surface area contributed by atoms with Crippen LogP contribution in [0.4, 0.5) is 0 Å². The molecule has 1 aromatic rings. The second kappa shape index (κ2) is 7.85. The maximum atomic E-state index is 9.84. The molecule has 0 heterocycles. The van der Waals surface area contributed by atoms with E-state index < -0.39 is 6.10 Å². The lowest BCUT2D eigenvalue weighted by Gasteiger charge is -2.19. The summed E-state index contributed by atoms with van der Waals surface area (Å²) in [7, 11) is 0. The molecule has 0 aromatic heterocycles. The van der Waals surface area contributed by atoms with Crippen molar-refractivity contribution >= 4 is 23.2 Å². The van der Waals surface area contributed by atoms with Gasteiger partial charge >= 0.3 is 0 Å². The number of unbranched alkanes of at least 4 members (excludes halogenated alkanes) is 1. The highest BCUT2D eigenvalue weighted by Crippen LogP contribution is 2.27. The van der Waals surface area contributed by atoms with Crippen molar-refractivity contribution in [1.29, 1.82) is 0 Å². The first-order valence-electron chi connectivity index (χ1n) is 6.06. The molecule has 2 unspecified atom stereocenters. The van der Waals surface area contributed by atoms with Gasteiger partial charge in [0.25, 0.3) is 0 Å². The third-order valence-electron chi connectivity index (χ3n) is 2.69. The normalized spacial score (nSPS) is 14.3. The van der Waals surface area contributed by atoms with Crippen LogP contribution in [0, 0.1) is 0 Å². The molecule has 1 aromatic carbocycles. The Balaban J connectivity index is 2.46. The first-order valence-corrected chi connectivity index (χ1v) is 6.81. The average molecular weight is 292 g/mol. The molecule has 0 saturated carbocycles. The van der Waals surface area contributed by atoms with Gasteiger partial charge in [-0.2, -0.15) is 0 Å². The maximum absolute atomic E-state index is 9.84. The second-order valence-corrected chi connectivity index (χ2v) is 5.10. The fourth-order valence-corrected chi connectivity index (χ4v) is 1.85. The summed E-state index contributed by atoms with van der Waals surface area (Å²) in [6.07, 6.45) is 2.13. The van der Waals surface area contributed by atoms with Crippen molar-refractivity contribution in [3.8, 4) is 5.75 Å². The molecule has 3 N–H and O–H groups in total. The third-order valence-corrected chi connectivity index (χ3v) is 3.24. The van der Waals surface area contributed by atoms with E-state index in [0.717, 1.165) is 19.3 Å². The van der Waals surface area contributed by atoms with E-state index >= 15 is 0 Å². The van der Waals surface area contributed by atoms with Crippen LogP contribution in [0.25, 0.3) is 0 Å². The molecule has 102 valence electrons. The van der Waals surface area contributed by atoms with E-state index in [2.05, 4.69) is 6.92 Å². The van der Waals surface area contributed by atoms with Crippen LogP contribution in [0.3, 0.4) is 0 Å². The van der Waals surface area contributed by atoms with Crippen LogP contribution in [-0.4, -0.2) is 23.9 Å². The minimum Gasteiger partial charge on any atom is -0.489 e. The van der Waals surface area contributed by atoms with Gasteiger partial charge in [-0.1, -0.05) is 43.0 Å². The van der Waals surface area contributed by atoms with Crippen LogP contribution in [0.2, 0.25) is 10.0 Å². The Hall–Kier alpha value is -0.480. The molecule has 18 heavy (non-hydrogen) atoms. The number of nitrogens with two attached hydrogens (primary N) is 1. The summed E-state index contributed by atoms with van der Waals surface area (Å²) in [5.41, 5.74) is 5.85. The largest absolute Gasteiger partial charge is 0.489 e. The highest BCUT2D eigenvalue weighted by molar-refractivity contribution is 6.34. The van der Waals surface area contributed by atoms with Crippen molar-refractivity contribution in [3.63, 3.8) is 0 Å². The SMILES string of the molecule is CCCCC(N)C(O)COc1cc(Cl)ccc1Cl. The summed E-state index contributed by atoms with van der Waals surface area (Å²) in [6.45, 7) is 2.20. The molecule has 1 rings (SSSR count). The van der Waals surface area contributed by atoms with Gasteiger partial charge in [0, 0.05) is 17.1 Å². The minimum atomic E-state index is -0.702. The van der Waals surface area contributed by atoms with Gasteiger partial charge in [0.1, 0.15) is 18.5 Å². The molecule has 0 spiro atoms. The van der Waals surface area contributed by atoms with Crippen LogP contribution in [-0.2, 0) is 0 Å². The van der Waals surface area contributed by atoms with Crippen molar-refractivity contribution in [3.05, 3.63) is 28.2 Å². The molecule has 0 radical (unpaired) electrons. The summed E-state index contributed by atoms with van der Waals surface area (Å²) in [5, 5.41) is 10.8. The van der Waals surface area contributed by atoms with Crippen LogP contribution in [0.1, 0.15) is 26.2 Å². The number of benzene rings is 1. The zero-order valence-corrected chi connectivity index (χ0v) is 11.9. The number of hydrogen-bond donors (Lipinski definition) is 2. The molecule has 0 aliphatic rings. The summed E-state index contributed by atoms with van der Waals surface area (Å²) < 4.78 is 5.43. The molecular formula is C13H19Cl2NO2. The number of rotatable bonds is 7. The van der Waals surface area contributed by atoms with E-state index in [1.807, 2.05) is 0 Å². The van der Waals surface area contributed by atoms with Crippen LogP contribution in [0.15, 0.2) is 18.2 Å². The molecule has 0 fully saturated rings. The Morgan fingerprint density at radius 3 is 2.78 bits per heavy atom. The van der Waals surface area contributed by atoms with Crippen LogP contribution < -0.4 is 10.5 Å². The van der Waals surface area contributed by atoms with E-state index in [1.54, 1.807) is 18.2 Å². The molecular weight excluding hydrogens is 273 g/mol. The molecule has 2 atom stereocenters. The monoisotopic (exact) mass is 291 g/mol. The first-order chi connectivity index (χ1) is 8.54. The van der Waals surface area contributed by atoms with Gasteiger partial charge in [0.05, 0.1) is 5.02 Å². The number of ether oxygens (including phenoxy) is 1. The number of aliphatic hydroxyl groups excluding tert-OH is 1. The lowest BCUT2D eigenvalue weighted by Crippen LogP contribution is -2.38. The smallest absolute Gasteiger partial charge is 0.139 e. The van der Waals surface area contributed by atoms with E-state index in [9.17, 15) is 5.11 Å². The molecule has 3 nitrogen and oxygen atoms in total. The van der Waals surface area contributed by atoms with Gasteiger partial charge in [-0.05, 0) is 18.6 Å². The number of aliphatic hydroxyl groups is 1. The average Bonchev–Trinajstić information content (AvgIpc) is 2.36. The highest BCUT2D eigenvalue weighted by atomic mass is 35.5. The molecule has 0 aliphatic heterocycles. The lowest BCUT2D eigenvalue weighted by atomic mass is 10.1. The zero-order valence-electron chi connectivity index (χ0n) is 10.4. The second-order valence-electron chi connectivity index (χ2n) is 4.26. The van der Waals surface area contributed by atoms with Crippen molar-refractivity contribution in [2.75, 3.05) is 6.61 Å². The Kier molecular flexibility index (Phi) is 6.79. The highest BCUT2D eigenvalue weighted by Gasteiger charge is 2.15. The van der Waals surface area contributed by atoms with Gasteiger partial charge in [-0.15, -0.1) is 0 Å². The fourth-order valence-electron chi connectivity index (χ4n) is 1.52. The minimum absolute atomic E-state index is 0.116. The van der Waals surface area contributed by atoms with Crippen molar-refractivity contribution in [2.24, 2.45) is 5.73 Å². The molecule has 5 heteroatoms. The van der Waals surface area contributed by atoms with E-state index in [0.29, 0.717) is 15.8 Å². The van der Waals surface area contributed by atoms with E-state index in [4.69, 9.17) is 33.7 Å². The Bertz CT molecular complexity index is 374. The van der Waals surface area contributed by atoms with Gasteiger partial charge < -0.3 is 15.6 Å². The first kappa shape index (κ1) is 15.6. The Labute approximate surface area is 118 Å². The Morgan fingerprint density at radius 1 is 1.39 bits per heavy atom. The lowest BCUT2D eigenvalue weighted by molar-refractivity contribution is 0.0820. The quantitative estimate of drug-likeness (QED) is 0.811. The van der Waals surface area contributed by atoms with Gasteiger partial charge in [0.2, 0.25) is 0 Å². The van der Waals surface area contributed by atoms with Gasteiger partial charge in [-0.3, -0.25) is 0 Å². The van der Waals surface area contributed by atoms with E-state index in [1.165, 1.54) is 0 Å². The van der Waals surface area contributed by atoms with Gasteiger partial charge in [-0.25, -0.2) is 0 Å².